The van der Waals surface area contributed by atoms with Gasteiger partial charge >= 0.3 is 5.97 Å². The Labute approximate surface area is 135 Å². The Bertz CT molecular complexity index is 667. The lowest BCUT2D eigenvalue weighted by Crippen LogP contribution is -2.43. The molecule has 0 aliphatic heterocycles. The Kier molecular flexibility index (Phi) is 5.51. The van der Waals surface area contributed by atoms with Gasteiger partial charge in [0, 0.05) is 19.3 Å². The van der Waals surface area contributed by atoms with Crippen LogP contribution in [0.1, 0.15) is 23.0 Å². The minimum atomic E-state index is -0.459. The summed E-state index contributed by atoms with van der Waals surface area (Å²) in [4.78, 5) is 24.4. The number of nitrogens with one attached hydrogen (secondary N) is 1. The monoisotopic (exact) mass is 315 g/mol. The molecule has 0 unspecified atom stereocenters. The lowest BCUT2D eigenvalue weighted by Gasteiger charge is -2.23. The maximum Gasteiger partial charge on any atom is 0.311 e. The topological polar surface area (TPSA) is 73.2 Å². The van der Waals surface area contributed by atoms with E-state index < -0.39 is 5.92 Å². The Morgan fingerprint density at radius 2 is 1.96 bits per heavy atom. The zero-order valence-electron chi connectivity index (χ0n) is 13.5. The van der Waals surface area contributed by atoms with Crippen LogP contribution < -0.4 is 5.32 Å². The van der Waals surface area contributed by atoms with E-state index in [4.69, 9.17) is 4.74 Å². The molecular weight excluding hydrogens is 294 g/mol. The first-order chi connectivity index (χ1) is 11.0. The van der Waals surface area contributed by atoms with Crippen LogP contribution in [0.15, 0.2) is 42.6 Å². The predicted octanol–water partition coefficient (Wildman–Crippen LogP) is 1.57. The molecule has 1 heterocycles. The van der Waals surface area contributed by atoms with Crippen LogP contribution in [0.2, 0.25) is 0 Å². The maximum absolute atomic E-state index is 12.3. The molecule has 2 rings (SSSR count). The maximum atomic E-state index is 12.3. The van der Waals surface area contributed by atoms with Crippen molar-refractivity contribution < 1.29 is 14.3 Å². The highest BCUT2D eigenvalue weighted by molar-refractivity contribution is 5.93. The number of amides is 1. The van der Waals surface area contributed by atoms with Crippen LogP contribution in [0.5, 0.6) is 0 Å². The normalized spacial score (nSPS) is 13.2. The zero-order valence-corrected chi connectivity index (χ0v) is 13.5. The second-order valence-electron chi connectivity index (χ2n) is 5.42. The van der Waals surface area contributed by atoms with Crippen molar-refractivity contribution in [3.63, 3.8) is 0 Å². The number of carbonyl (C=O) groups excluding carboxylic acids is 2. The number of aryl methyl sites for hydroxylation is 1. The van der Waals surface area contributed by atoms with Crippen LogP contribution in [0.3, 0.4) is 0 Å². The van der Waals surface area contributed by atoms with Crippen LogP contribution >= 0.6 is 0 Å². The number of aromatic nitrogens is 2. The molecule has 0 bridgehead atoms. The first-order valence-corrected chi connectivity index (χ1v) is 7.43. The molecule has 2 aromatic rings. The summed E-state index contributed by atoms with van der Waals surface area (Å²) in [7, 11) is 3.05. The number of rotatable bonds is 6. The van der Waals surface area contributed by atoms with E-state index in [-0.39, 0.29) is 17.9 Å². The van der Waals surface area contributed by atoms with Crippen LogP contribution in [-0.4, -0.2) is 34.8 Å². The summed E-state index contributed by atoms with van der Waals surface area (Å²) in [6, 6.07) is 10.9. The number of benzene rings is 1. The molecule has 0 aliphatic rings. The lowest BCUT2D eigenvalue weighted by atomic mass is 9.93. The molecule has 0 aliphatic carbocycles. The summed E-state index contributed by atoms with van der Waals surface area (Å²) in [6.07, 6.45) is 2.06. The highest BCUT2D eigenvalue weighted by atomic mass is 16.5. The molecular formula is C17H21N3O3. The Balaban J connectivity index is 2.10. The van der Waals surface area contributed by atoms with Gasteiger partial charge in [0.15, 0.2) is 0 Å². The number of hydrogen-bond donors (Lipinski definition) is 1. The Hall–Kier alpha value is -2.63. The Morgan fingerprint density at radius 3 is 2.52 bits per heavy atom. The molecule has 1 amide bonds. The van der Waals surface area contributed by atoms with E-state index >= 15 is 0 Å². The molecule has 122 valence electrons. The molecule has 23 heavy (non-hydrogen) atoms. The van der Waals surface area contributed by atoms with Crippen LogP contribution in [0.25, 0.3) is 0 Å². The number of esters is 1. The first kappa shape index (κ1) is 16.7. The molecule has 0 saturated carbocycles. The molecule has 1 aromatic carbocycles. The second-order valence-corrected chi connectivity index (χ2v) is 5.42. The van der Waals surface area contributed by atoms with Crippen molar-refractivity contribution in [1.82, 2.24) is 15.1 Å². The van der Waals surface area contributed by atoms with E-state index in [0.717, 1.165) is 5.56 Å². The van der Waals surface area contributed by atoms with Gasteiger partial charge in [0.1, 0.15) is 5.69 Å². The third-order valence-electron chi connectivity index (χ3n) is 3.82. The zero-order chi connectivity index (χ0) is 16.8. The van der Waals surface area contributed by atoms with Gasteiger partial charge in [-0.15, -0.1) is 0 Å². The van der Waals surface area contributed by atoms with Crippen LogP contribution in [0.4, 0.5) is 0 Å². The van der Waals surface area contributed by atoms with Gasteiger partial charge in [-0.3, -0.25) is 14.3 Å². The summed E-state index contributed by atoms with van der Waals surface area (Å²) in [5.74, 6) is -1.06. The number of hydrogen-bond acceptors (Lipinski definition) is 4. The van der Waals surface area contributed by atoms with Crippen molar-refractivity contribution in [2.75, 3.05) is 7.11 Å². The fraction of sp³-hybridized carbons (Fsp3) is 0.353. The molecule has 1 N–H and O–H groups in total. The van der Waals surface area contributed by atoms with Gasteiger partial charge in [-0.2, -0.15) is 5.10 Å². The van der Waals surface area contributed by atoms with Crippen molar-refractivity contribution in [3.8, 4) is 0 Å². The summed E-state index contributed by atoms with van der Waals surface area (Å²) in [6.45, 7) is 1.80. The predicted molar refractivity (Wildman–Crippen MR) is 85.8 cm³/mol. The minimum absolute atomic E-state index is 0.264. The number of carbonyl (C=O) groups is 2. The molecule has 2 atom stereocenters. The van der Waals surface area contributed by atoms with E-state index in [1.54, 1.807) is 26.2 Å². The first-order valence-electron chi connectivity index (χ1n) is 7.43. The lowest BCUT2D eigenvalue weighted by molar-refractivity contribution is -0.146. The van der Waals surface area contributed by atoms with Gasteiger partial charge in [0.05, 0.1) is 13.0 Å². The van der Waals surface area contributed by atoms with Gasteiger partial charge in [-0.25, -0.2) is 0 Å². The summed E-state index contributed by atoms with van der Waals surface area (Å²) in [5.41, 5.74) is 1.46. The van der Waals surface area contributed by atoms with Crippen molar-refractivity contribution in [3.05, 3.63) is 53.9 Å². The van der Waals surface area contributed by atoms with E-state index in [9.17, 15) is 9.59 Å². The fourth-order valence-electron chi connectivity index (χ4n) is 2.46. The average molecular weight is 315 g/mol. The van der Waals surface area contributed by atoms with Crippen LogP contribution in [-0.2, 0) is 23.0 Å². The van der Waals surface area contributed by atoms with E-state index in [1.807, 2.05) is 30.3 Å². The molecule has 0 radical (unpaired) electrons. The van der Waals surface area contributed by atoms with Crippen LogP contribution in [0, 0.1) is 5.92 Å². The van der Waals surface area contributed by atoms with Gasteiger partial charge < -0.3 is 10.1 Å². The highest BCUT2D eigenvalue weighted by Gasteiger charge is 2.28. The van der Waals surface area contributed by atoms with Crippen molar-refractivity contribution in [1.29, 1.82) is 0 Å². The fourth-order valence-corrected chi connectivity index (χ4v) is 2.46. The van der Waals surface area contributed by atoms with Crippen molar-refractivity contribution >= 4 is 11.9 Å². The smallest absolute Gasteiger partial charge is 0.311 e. The standard InChI is InChI=1S/C17H21N3O3/c1-12(19-16(21)15-9-10-18-20(15)2)14(17(22)23-3)11-13-7-5-4-6-8-13/h4-10,12,14H,11H2,1-3H3,(H,19,21)/t12-,14+/m0/s1. The SMILES string of the molecule is COC(=O)[C@H](Cc1ccccc1)[C@H](C)NC(=O)c1ccnn1C. The largest absolute Gasteiger partial charge is 0.469 e. The summed E-state index contributed by atoms with van der Waals surface area (Å²) >= 11 is 0. The van der Waals surface area contributed by atoms with E-state index in [0.29, 0.717) is 12.1 Å². The third kappa shape index (κ3) is 4.18. The highest BCUT2D eigenvalue weighted by Crippen LogP contribution is 2.15. The molecule has 6 nitrogen and oxygen atoms in total. The second kappa shape index (κ2) is 7.58. The number of ether oxygens (including phenoxy) is 1. The molecule has 0 fully saturated rings. The van der Waals surface area contributed by atoms with Crippen molar-refractivity contribution in [2.45, 2.75) is 19.4 Å². The van der Waals surface area contributed by atoms with E-state index in [2.05, 4.69) is 10.4 Å². The van der Waals surface area contributed by atoms with Gasteiger partial charge in [-0.05, 0) is 25.0 Å². The quantitative estimate of drug-likeness (QED) is 0.821. The minimum Gasteiger partial charge on any atom is -0.469 e. The Morgan fingerprint density at radius 1 is 1.26 bits per heavy atom. The molecule has 0 spiro atoms. The van der Waals surface area contributed by atoms with E-state index in [1.165, 1.54) is 11.8 Å². The summed E-state index contributed by atoms with van der Waals surface area (Å²) in [5, 5.41) is 6.83. The molecule has 1 aromatic heterocycles. The number of nitrogens with zero attached hydrogens (tertiary/aromatic N) is 2. The molecule has 0 saturated heterocycles. The molecule has 6 heteroatoms. The van der Waals surface area contributed by atoms with Gasteiger partial charge in [-0.1, -0.05) is 30.3 Å². The average Bonchev–Trinajstić information content (AvgIpc) is 2.99. The summed E-state index contributed by atoms with van der Waals surface area (Å²) < 4.78 is 6.39. The third-order valence-corrected chi connectivity index (χ3v) is 3.82. The van der Waals surface area contributed by atoms with Gasteiger partial charge in [0.2, 0.25) is 0 Å². The van der Waals surface area contributed by atoms with Gasteiger partial charge in [0.25, 0.3) is 5.91 Å². The van der Waals surface area contributed by atoms with Crippen molar-refractivity contribution in [2.24, 2.45) is 13.0 Å². The number of methoxy groups -OCH3 is 1.